The van der Waals surface area contributed by atoms with Gasteiger partial charge in [-0.2, -0.15) is 8.42 Å². The second-order valence-electron chi connectivity index (χ2n) is 9.34. The van der Waals surface area contributed by atoms with Gasteiger partial charge in [-0.1, -0.05) is 85.3 Å². The lowest BCUT2D eigenvalue weighted by Crippen LogP contribution is -2.45. The van der Waals surface area contributed by atoms with Crippen molar-refractivity contribution in [1.29, 1.82) is 0 Å². The van der Waals surface area contributed by atoms with Crippen LogP contribution in [0.4, 0.5) is 0 Å². The van der Waals surface area contributed by atoms with Crippen LogP contribution in [0.2, 0.25) is 0 Å². The smallest absolute Gasteiger partial charge is 0.297 e. The molecule has 1 aliphatic heterocycles. The molecule has 0 aliphatic carbocycles. The van der Waals surface area contributed by atoms with Crippen LogP contribution in [0, 0.1) is 12.8 Å². The average molecular weight is 479 g/mol. The van der Waals surface area contributed by atoms with Crippen molar-refractivity contribution in [3.05, 3.63) is 102 Å². The van der Waals surface area contributed by atoms with Crippen molar-refractivity contribution in [1.82, 2.24) is 0 Å². The third-order valence-electron chi connectivity index (χ3n) is 6.75. The molecule has 3 aromatic rings. The van der Waals surface area contributed by atoms with E-state index in [-0.39, 0.29) is 23.0 Å². The predicted octanol–water partition coefficient (Wildman–Crippen LogP) is 6.13. The van der Waals surface area contributed by atoms with Crippen LogP contribution in [0.5, 0.6) is 0 Å². The van der Waals surface area contributed by atoms with Crippen molar-refractivity contribution in [3.8, 4) is 0 Å². The molecule has 1 heterocycles. The molecule has 0 spiro atoms. The molecule has 1 fully saturated rings. The Kier molecular flexibility index (Phi) is 8.19. The molecule has 0 aromatic heterocycles. The lowest BCUT2D eigenvalue weighted by molar-refractivity contribution is -0.126. The zero-order valence-electron chi connectivity index (χ0n) is 20.0. The molecular formula is C29H34O4S. The standard InChI is InChI=1S/C29H34O4S/c1-22-13-18-27(19-14-22)34(30,31)33-29-21-26(17-15-24-9-5-3-6-10-24)32-28(23(29)2)20-16-25-11-7-4-8-12-25/h3-14,18-19,23,26,28-29H,15-17,20-21H2,1-2H3/t23-,26+,28-,29-/m0/s1. The summed E-state index contributed by atoms with van der Waals surface area (Å²) >= 11 is 0. The van der Waals surface area contributed by atoms with E-state index in [4.69, 9.17) is 8.92 Å². The first-order chi connectivity index (χ1) is 16.4. The van der Waals surface area contributed by atoms with Crippen LogP contribution in [-0.2, 0) is 31.9 Å². The minimum absolute atomic E-state index is 0.0306. The Morgan fingerprint density at radius 2 is 1.38 bits per heavy atom. The highest BCUT2D eigenvalue weighted by Gasteiger charge is 2.39. The summed E-state index contributed by atoms with van der Waals surface area (Å²) in [5.41, 5.74) is 3.53. The van der Waals surface area contributed by atoms with Crippen molar-refractivity contribution in [2.75, 3.05) is 0 Å². The molecule has 5 heteroatoms. The zero-order valence-corrected chi connectivity index (χ0v) is 20.8. The summed E-state index contributed by atoms with van der Waals surface area (Å²) in [6, 6.07) is 27.5. The van der Waals surface area contributed by atoms with Crippen LogP contribution in [0.3, 0.4) is 0 Å². The fourth-order valence-corrected chi connectivity index (χ4v) is 5.79. The van der Waals surface area contributed by atoms with Gasteiger partial charge in [-0.15, -0.1) is 0 Å². The molecule has 0 radical (unpaired) electrons. The van der Waals surface area contributed by atoms with Gasteiger partial charge >= 0.3 is 0 Å². The molecule has 4 atom stereocenters. The molecule has 0 N–H and O–H groups in total. The molecule has 4 rings (SSSR count). The van der Waals surface area contributed by atoms with E-state index in [1.165, 1.54) is 11.1 Å². The molecule has 3 aromatic carbocycles. The number of benzene rings is 3. The monoisotopic (exact) mass is 478 g/mol. The minimum atomic E-state index is -3.85. The van der Waals surface area contributed by atoms with Gasteiger partial charge in [0.25, 0.3) is 10.1 Å². The van der Waals surface area contributed by atoms with E-state index >= 15 is 0 Å². The molecule has 0 saturated carbocycles. The predicted molar refractivity (Wildman–Crippen MR) is 135 cm³/mol. The van der Waals surface area contributed by atoms with Gasteiger partial charge in [0.05, 0.1) is 23.2 Å². The minimum Gasteiger partial charge on any atom is -0.374 e. The molecule has 4 nitrogen and oxygen atoms in total. The number of hydrogen-bond acceptors (Lipinski definition) is 4. The van der Waals surface area contributed by atoms with Gasteiger partial charge in [0.15, 0.2) is 0 Å². The summed E-state index contributed by atoms with van der Waals surface area (Å²) in [4.78, 5) is 0.207. The molecule has 34 heavy (non-hydrogen) atoms. The lowest BCUT2D eigenvalue weighted by atomic mass is 9.86. The molecule has 0 amide bonds. The van der Waals surface area contributed by atoms with Gasteiger partial charge < -0.3 is 4.74 Å². The number of aryl methyl sites for hydroxylation is 3. The third kappa shape index (κ3) is 6.56. The summed E-state index contributed by atoms with van der Waals surface area (Å²) in [6.07, 6.45) is 3.49. The highest BCUT2D eigenvalue weighted by Crippen LogP contribution is 2.34. The normalized spacial score (nSPS) is 23.0. The first kappa shape index (κ1) is 24.6. The molecule has 1 aliphatic rings. The first-order valence-electron chi connectivity index (χ1n) is 12.1. The fraction of sp³-hybridized carbons (Fsp3) is 0.379. The quantitative estimate of drug-likeness (QED) is 0.347. The Morgan fingerprint density at radius 3 is 1.97 bits per heavy atom. The Labute approximate surface area is 204 Å². The fourth-order valence-electron chi connectivity index (χ4n) is 4.63. The van der Waals surface area contributed by atoms with E-state index < -0.39 is 16.2 Å². The van der Waals surface area contributed by atoms with E-state index in [1.807, 2.05) is 43.3 Å². The van der Waals surface area contributed by atoms with Gasteiger partial charge in [0.1, 0.15) is 0 Å². The van der Waals surface area contributed by atoms with Crippen molar-refractivity contribution in [2.24, 2.45) is 5.92 Å². The maximum absolute atomic E-state index is 13.1. The van der Waals surface area contributed by atoms with Crippen molar-refractivity contribution in [2.45, 2.75) is 69.2 Å². The Morgan fingerprint density at radius 1 is 0.824 bits per heavy atom. The summed E-state index contributed by atoms with van der Waals surface area (Å²) in [7, 11) is -3.85. The molecular weight excluding hydrogens is 444 g/mol. The lowest BCUT2D eigenvalue weighted by Gasteiger charge is -2.40. The number of hydrogen-bond donors (Lipinski definition) is 0. The van der Waals surface area contributed by atoms with Crippen LogP contribution in [0.15, 0.2) is 89.8 Å². The maximum atomic E-state index is 13.1. The van der Waals surface area contributed by atoms with Gasteiger partial charge in [-0.05, 0) is 55.9 Å². The van der Waals surface area contributed by atoms with Crippen molar-refractivity contribution < 1.29 is 17.3 Å². The Balaban J connectivity index is 1.48. The van der Waals surface area contributed by atoms with E-state index in [1.54, 1.807) is 24.3 Å². The van der Waals surface area contributed by atoms with Crippen LogP contribution in [-0.4, -0.2) is 26.7 Å². The van der Waals surface area contributed by atoms with Crippen LogP contribution in [0.1, 0.15) is 42.9 Å². The topological polar surface area (TPSA) is 52.6 Å². The van der Waals surface area contributed by atoms with Crippen LogP contribution < -0.4 is 0 Å². The van der Waals surface area contributed by atoms with E-state index in [0.717, 1.165) is 31.2 Å². The second kappa shape index (κ2) is 11.3. The number of rotatable bonds is 9. The zero-order chi connectivity index (χ0) is 24.0. The van der Waals surface area contributed by atoms with Gasteiger partial charge in [-0.3, -0.25) is 4.18 Å². The Hall–Kier alpha value is -2.47. The largest absolute Gasteiger partial charge is 0.374 e. The Bertz CT molecular complexity index is 1130. The third-order valence-corrected chi connectivity index (χ3v) is 8.10. The van der Waals surface area contributed by atoms with E-state index in [2.05, 4.69) is 31.2 Å². The van der Waals surface area contributed by atoms with E-state index in [9.17, 15) is 8.42 Å². The van der Waals surface area contributed by atoms with Gasteiger partial charge in [0, 0.05) is 12.3 Å². The second-order valence-corrected chi connectivity index (χ2v) is 10.9. The van der Waals surface area contributed by atoms with Crippen LogP contribution >= 0.6 is 0 Å². The molecule has 0 bridgehead atoms. The summed E-state index contributed by atoms with van der Waals surface area (Å²) < 4.78 is 38.5. The van der Waals surface area contributed by atoms with Crippen LogP contribution in [0.25, 0.3) is 0 Å². The molecule has 0 unspecified atom stereocenters. The summed E-state index contributed by atoms with van der Waals surface area (Å²) in [6.45, 7) is 3.99. The summed E-state index contributed by atoms with van der Waals surface area (Å²) in [5, 5.41) is 0. The highest BCUT2D eigenvalue weighted by molar-refractivity contribution is 7.86. The molecule has 1 saturated heterocycles. The van der Waals surface area contributed by atoms with Gasteiger partial charge in [-0.25, -0.2) is 0 Å². The first-order valence-corrected chi connectivity index (χ1v) is 13.5. The average Bonchev–Trinajstić information content (AvgIpc) is 2.85. The summed E-state index contributed by atoms with van der Waals surface area (Å²) in [5.74, 6) is -0.0306. The maximum Gasteiger partial charge on any atom is 0.297 e. The van der Waals surface area contributed by atoms with Gasteiger partial charge in [0.2, 0.25) is 0 Å². The highest BCUT2D eigenvalue weighted by atomic mass is 32.2. The SMILES string of the molecule is Cc1ccc(S(=O)(=O)O[C@H]2C[C@@H](CCc3ccccc3)O[C@@H](CCc3ccccc3)[C@@H]2C)cc1. The van der Waals surface area contributed by atoms with E-state index in [0.29, 0.717) is 6.42 Å². The van der Waals surface area contributed by atoms with Crippen molar-refractivity contribution in [3.63, 3.8) is 0 Å². The molecule has 180 valence electrons. The van der Waals surface area contributed by atoms with Crippen molar-refractivity contribution >= 4 is 10.1 Å². The number of ether oxygens (including phenoxy) is 1.